The molecule has 1 spiro atoms. The van der Waals surface area contributed by atoms with Gasteiger partial charge >= 0.3 is 0 Å². The third-order valence-corrected chi connectivity index (χ3v) is 3.93. The number of hydrogen-bond donors (Lipinski definition) is 0. The van der Waals surface area contributed by atoms with Crippen LogP contribution in [0, 0.1) is 17.3 Å². The molecule has 14 heavy (non-hydrogen) atoms. The summed E-state index contributed by atoms with van der Waals surface area (Å²) in [7, 11) is 0. The Morgan fingerprint density at radius 3 is 1.79 bits per heavy atom. The van der Waals surface area contributed by atoms with Gasteiger partial charge in [-0.1, -0.05) is 13.8 Å². The SMILES string of the molecule is C[C@H]1CC2(COC(C)(C)OC2)C[C@@H]1C. The maximum atomic E-state index is 5.78. The number of hydrogen-bond acceptors (Lipinski definition) is 2. The van der Waals surface area contributed by atoms with Crippen molar-refractivity contribution < 1.29 is 9.47 Å². The van der Waals surface area contributed by atoms with Gasteiger partial charge in [-0.05, 0) is 38.5 Å². The van der Waals surface area contributed by atoms with Gasteiger partial charge in [0.25, 0.3) is 0 Å². The lowest BCUT2D eigenvalue weighted by Crippen LogP contribution is -2.45. The van der Waals surface area contributed by atoms with E-state index in [1.807, 2.05) is 13.8 Å². The Hall–Kier alpha value is -0.0800. The summed E-state index contributed by atoms with van der Waals surface area (Å²) in [6, 6.07) is 0. The lowest BCUT2D eigenvalue weighted by Gasteiger charge is -2.41. The molecule has 2 aliphatic rings. The second-order valence-corrected chi connectivity index (χ2v) is 5.84. The highest BCUT2D eigenvalue weighted by molar-refractivity contribution is 4.93. The van der Waals surface area contributed by atoms with Crippen LogP contribution in [0.4, 0.5) is 0 Å². The molecule has 1 saturated carbocycles. The zero-order chi connectivity index (χ0) is 10.4. The van der Waals surface area contributed by atoms with Crippen molar-refractivity contribution in [1.82, 2.24) is 0 Å². The Morgan fingerprint density at radius 2 is 1.36 bits per heavy atom. The van der Waals surface area contributed by atoms with Crippen LogP contribution in [0.25, 0.3) is 0 Å². The van der Waals surface area contributed by atoms with Crippen LogP contribution in [-0.4, -0.2) is 19.0 Å². The molecule has 0 unspecified atom stereocenters. The van der Waals surface area contributed by atoms with Crippen molar-refractivity contribution in [3.05, 3.63) is 0 Å². The van der Waals surface area contributed by atoms with Crippen LogP contribution in [0.3, 0.4) is 0 Å². The first kappa shape index (κ1) is 10.4. The number of ether oxygens (including phenoxy) is 2. The van der Waals surface area contributed by atoms with E-state index < -0.39 is 0 Å². The molecule has 0 N–H and O–H groups in total. The third-order valence-electron chi connectivity index (χ3n) is 3.93. The van der Waals surface area contributed by atoms with Crippen molar-refractivity contribution in [3.8, 4) is 0 Å². The highest BCUT2D eigenvalue weighted by Crippen LogP contribution is 2.48. The summed E-state index contributed by atoms with van der Waals surface area (Å²) in [5.41, 5.74) is 0.328. The van der Waals surface area contributed by atoms with Gasteiger partial charge in [0.1, 0.15) is 0 Å². The standard InChI is InChI=1S/C12H22O2/c1-9-5-12(6-10(9)2)7-13-11(3,4)14-8-12/h9-10H,5-8H2,1-4H3/t9-,10-/m0/s1. The largest absolute Gasteiger partial charge is 0.350 e. The fourth-order valence-electron chi connectivity index (χ4n) is 2.82. The van der Waals surface area contributed by atoms with E-state index in [0.29, 0.717) is 5.41 Å². The fourth-order valence-corrected chi connectivity index (χ4v) is 2.82. The first-order chi connectivity index (χ1) is 6.43. The van der Waals surface area contributed by atoms with Gasteiger partial charge in [0.05, 0.1) is 13.2 Å². The highest BCUT2D eigenvalue weighted by Gasteiger charge is 2.46. The van der Waals surface area contributed by atoms with Crippen molar-refractivity contribution in [2.75, 3.05) is 13.2 Å². The molecule has 0 amide bonds. The Labute approximate surface area is 87.0 Å². The molecule has 1 heterocycles. The van der Waals surface area contributed by atoms with Crippen LogP contribution in [0.2, 0.25) is 0 Å². The van der Waals surface area contributed by atoms with Gasteiger partial charge in [-0.15, -0.1) is 0 Å². The van der Waals surface area contributed by atoms with E-state index in [2.05, 4.69) is 13.8 Å². The second kappa shape index (κ2) is 3.21. The summed E-state index contributed by atoms with van der Waals surface area (Å²) in [4.78, 5) is 0. The molecule has 2 atom stereocenters. The van der Waals surface area contributed by atoms with E-state index in [1.54, 1.807) is 0 Å². The van der Waals surface area contributed by atoms with Crippen LogP contribution < -0.4 is 0 Å². The van der Waals surface area contributed by atoms with Crippen molar-refractivity contribution in [2.45, 2.75) is 46.3 Å². The normalized spacial score (nSPS) is 40.3. The molecule has 1 saturated heterocycles. The minimum Gasteiger partial charge on any atom is -0.350 e. The van der Waals surface area contributed by atoms with Gasteiger partial charge < -0.3 is 9.47 Å². The molecule has 2 heteroatoms. The minimum atomic E-state index is -0.361. The second-order valence-electron chi connectivity index (χ2n) is 5.84. The Balaban J connectivity index is 2.01. The molecule has 1 aliphatic carbocycles. The zero-order valence-electron chi connectivity index (χ0n) is 9.80. The quantitative estimate of drug-likeness (QED) is 0.596. The summed E-state index contributed by atoms with van der Waals surface area (Å²) < 4.78 is 11.6. The third kappa shape index (κ3) is 1.82. The van der Waals surface area contributed by atoms with Crippen LogP contribution in [0.5, 0.6) is 0 Å². The van der Waals surface area contributed by atoms with E-state index >= 15 is 0 Å². The van der Waals surface area contributed by atoms with Crippen LogP contribution in [-0.2, 0) is 9.47 Å². The van der Waals surface area contributed by atoms with Gasteiger partial charge in [-0.2, -0.15) is 0 Å². The smallest absolute Gasteiger partial charge is 0.162 e. The molecule has 2 nitrogen and oxygen atoms in total. The predicted molar refractivity (Wildman–Crippen MR) is 56.0 cm³/mol. The first-order valence-corrected chi connectivity index (χ1v) is 5.70. The van der Waals surface area contributed by atoms with Crippen LogP contribution in [0.15, 0.2) is 0 Å². The molecule has 1 aliphatic heterocycles. The average Bonchev–Trinajstić information content (AvgIpc) is 2.36. The van der Waals surface area contributed by atoms with Gasteiger partial charge in [-0.3, -0.25) is 0 Å². The van der Waals surface area contributed by atoms with E-state index in [-0.39, 0.29) is 5.79 Å². The van der Waals surface area contributed by atoms with Crippen molar-refractivity contribution >= 4 is 0 Å². The monoisotopic (exact) mass is 198 g/mol. The molecule has 0 aromatic carbocycles. The lowest BCUT2D eigenvalue weighted by molar-refractivity contribution is -0.285. The summed E-state index contributed by atoms with van der Waals surface area (Å²) >= 11 is 0. The summed E-state index contributed by atoms with van der Waals surface area (Å²) in [5, 5.41) is 0. The highest BCUT2D eigenvalue weighted by atomic mass is 16.7. The summed E-state index contributed by atoms with van der Waals surface area (Å²) in [5.74, 6) is 1.28. The van der Waals surface area contributed by atoms with Gasteiger partial charge in [0.15, 0.2) is 5.79 Å². The van der Waals surface area contributed by atoms with Crippen molar-refractivity contribution in [1.29, 1.82) is 0 Å². The maximum Gasteiger partial charge on any atom is 0.162 e. The average molecular weight is 198 g/mol. The van der Waals surface area contributed by atoms with E-state index in [4.69, 9.17) is 9.47 Å². The lowest BCUT2D eigenvalue weighted by atomic mass is 9.86. The van der Waals surface area contributed by atoms with Crippen molar-refractivity contribution in [3.63, 3.8) is 0 Å². The molecule has 0 radical (unpaired) electrons. The molecule has 0 aromatic heterocycles. The van der Waals surface area contributed by atoms with Crippen LogP contribution >= 0.6 is 0 Å². The zero-order valence-corrected chi connectivity index (χ0v) is 9.80. The van der Waals surface area contributed by atoms with Gasteiger partial charge in [-0.25, -0.2) is 0 Å². The summed E-state index contributed by atoms with van der Waals surface area (Å²) in [6.07, 6.45) is 2.54. The molecule has 0 aromatic rings. The molecule has 0 bridgehead atoms. The van der Waals surface area contributed by atoms with E-state index in [1.165, 1.54) is 12.8 Å². The first-order valence-electron chi connectivity index (χ1n) is 5.70. The van der Waals surface area contributed by atoms with Crippen molar-refractivity contribution in [2.24, 2.45) is 17.3 Å². The Kier molecular flexibility index (Phi) is 2.39. The van der Waals surface area contributed by atoms with Crippen LogP contribution in [0.1, 0.15) is 40.5 Å². The summed E-state index contributed by atoms with van der Waals surface area (Å²) in [6.45, 7) is 10.5. The molecular formula is C12H22O2. The Morgan fingerprint density at radius 1 is 0.929 bits per heavy atom. The van der Waals surface area contributed by atoms with E-state index in [0.717, 1.165) is 25.0 Å². The van der Waals surface area contributed by atoms with Gasteiger partial charge in [0, 0.05) is 5.41 Å². The topological polar surface area (TPSA) is 18.5 Å². The Bertz CT molecular complexity index is 200. The van der Waals surface area contributed by atoms with Gasteiger partial charge in [0.2, 0.25) is 0 Å². The molecule has 82 valence electrons. The number of rotatable bonds is 0. The van der Waals surface area contributed by atoms with E-state index in [9.17, 15) is 0 Å². The molecule has 2 fully saturated rings. The molecule has 2 rings (SSSR count). The minimum absolute atomic E-state index is 0.328. The molecular weight excluding hydrogens is 176 g/mol. The maximum absolute atomic E-state index is 5.78. The fraction of sp³-hybridized carbons (Fsp3) is 1.00. The predicted octanol–water partition coefficient (Wildman–Crippen LogP) is 2.82.